The van der Waals surface area contributed by atoms with E-state index in [1.54, 1.807) is 0 Å². The zero-order valence-corrected chi connectivity index (χ0v) is 10.6. The Bertz CT molecular complexity index is 577. The van der Waals surface area contributed by atoms with E-state index >= 15 is 0 Å². The van der Waals surface area contributed by atoms with Gasteiger partial charge in [-0.1, -0.05) is 18.2 Å². The van der Waals surface area contributed by atoms with Crippen LogP contribution in [-0.4, -0.2) is 26.5 Å². The summed E-state index contributed by atoms with van der Waals surface area (Å²) in [5.74, 6) is 0. The summed E-state index contributed by atoms with van der Waals surface area (Å²) < 4.78 is 1.88. The van der Waals surface area contributed by atoms with Crippen molar-refractivity contribution in [2.24, 2.45) is 12.8 Å². The van der Waals surface area contributed by atoms with E-state index < -0.39 is 5.60 Å². The standard InChI is InChI=1S/C14H19N3O/c1-17-13-5-3-2-4-11(13)12(16-17)9-14(18)7-6-10(15)8-14/h2-5,10,18H,6-9,15H2,1H3. The van der Waals surface area contributed by atoms with Crippen molar-refractivity contribution in [1.29, 1.82) is 0 Å². The van der Waals surface area contributed by atoms with Crippen molar-refractivity contribution in [3.05, 3.63) is 30.0 Å². The molecule has 3 rings (SSSR count). The van der Waals surface area contributed by atoms with Crippen molar-refractivity contribution in [3.63, 3.8) is 0 Å². The molecule has 1 heterocycles. The number of aliphatic hydroxyl groups is 1. The first kappa shape index (κ1) is 11.7. The molecule has 2 unspecified atom stereocenters. The Labute approximate surface area is 106 Å². The smallest absolute Gasteiger partial charge is 0.0731 e. The Morgan fingerprint density at radius 3 is 3.00 bits per heavy atom. The molecule has 1 aliphatic carbocycles. The summed E-state index contributed by atoms with van der Waals surface area (Å²) in [7, 11) is 1.94. The Morgan fingerprint density at radius 1 is 1.50 bits per heavy atom. The number of rotatable bonds is 2. The number of aromatic nitrogens is 2. The quantitative estimate of drug-likeness (QED) is 0.839. The van der Waals surface area contributed by atoms with Gasteiger partial charge in [-0.05, 0) is 25.3 Å². The zero-order valence-electron chi connectivity index (χ0n) is 10.6. The molecular weight excluding hydrogens is 226 g/mol. The topological polar surface area (TPSA) is 64.1 Å². The maximum Gasteiger partial charge on any atom is 0.0731 e. The number of nitrogens with zero attached hydrogens (tertiary/aromatic N) is 2. The lowest BCUT2D eigenvalue weighted by molar-refractivity contribution is 0.0461. The van der Waals surface area contributed by atoms with E-state index in [0.29, 0.717) is 12.8 Å². The molecule has 18 heavy (non-hydrogen) atoms. The van der Waals surface area contributed by atoms with Crippen LogP contribution in [0, 0.1) is 0 Å². The molecule has 4 nitrogen and oxygen atoms in total. The molecule has 0 saturated heterocycles. The van der Waals surface area contributed by atoms with Crippen LogP contribution >= 0.6 is 0 Å². The number of fused-ring (bicyclic) bond motifs is 1. The van der Waals surface area contributed by atoms with Crippen LogP contribution in [0.5, 0.6) is 0 Å². The summed E-state index contributed by atoms with van der Waals surface area (Å²) in [4.78, 5) is 0. The fraction of sp³-hybridized carbons (Fsp3) is 0.500. The Hall–Kier alpha value is -1.39. The minimum atomic E-state index is -0.670. The van der Waals surface area contributed by atoms with E-state index in [1.165, 1.54) is 0 Å². The fourth-order valence-corrected chi connectivity index (χ4v) is 3.04. The largest absolute Gasteiger partial charge is 0.389 e. The lowest BCUT2D eigenvalue weighted by Gasteiger charge is -2.21. The second kappa shape index (κ2) is 4.07. The van der Waals surface area contributed by atoms with E-state index in [4.69, 9.17) is 5.73 Å². The van der Waals surface area contributed by atoms with Crippen molar-refractivity contribution in [3.8, 4) is 0 Å². The van der Waals surface area contributed by atoms with Gasteiger partial charge in [-0.15, -0.1) is 0 Å². The normalized spacial score (nSPS) is 28.1. The first-order valence-corrected chi connectivity index (χ1v) is 6.46. The molecule has 1 aliphatic rings. The lowest BCUT2D eigenvalue weighted by atomic mass is 9.94. The van der Waals surface area contributed by atoms with E-state index in [-0.39, 0.29) is 6.04 Å². The van der Waals surface area contributed by atoms with Crippen LogP contribution in [0.3, 0.4) is 0 Å². The lowest BCUT2D eigenvalue weighted by Crippen LogP contribution is -2.30. The Balaban J connectivity index is 1.96. The number of nitrogens with two attached hydrogens (primary N) is 1. The van der Waals surface area contributed by atoms with Gasteiger partial charge in [-0.2, -0.15) is 5.10 Å². The van der Waals surface area contributed by atoms with Crippen molar-refractivity contribution >= 4 is 10.9 Å². The molecule has 3 N–H and O–H groups in total. The van der Waals surface area contributed by atoms with Gasteiger partial charge in [0.05, 0.1) is 16.8 Å². The third-order valence-corrected chi connectivity index (χ3v) is 3.95. The highest BCUT2D eigenvalue weighted by Gasteiger charge is 2.36. The molecule has 96 valence electrons. The molecule has 0 amide bonds. The summed E-state index contributed by atoms with van der Waals surface area (Å²) >= 11 is 0. The second-order valence-electron chi connectivity index (χ2n) is 5.49. The molecule has 1 aromatic carbocycles. The molecule has 1 fully saturated rings. The molecule has 0 radical (unpaired) electrons. The average Bonchev–Trinajstić information content (AvgIpc) is 2.82. The van der Waals surface area contributed by atoms with Gasteiger partial charge in [0.2, 0.25) is 0 Å². The highest BCUT2D eigenvalue weighted by atomic mass is 16.3. The van der Waals surface area contributed by atoms with Crippen molar-refractivity contribution < 1.29 is 5.11 Å². The molecule has 0 spiro atoms. The second-order valence-corrected chi connectivity index (χ2v) is 5.49. The Kier molecular flexibility index (Phi) is 2.64. The van der Waals surface area contributed by atoms with Crippen molar-refractivity contribution in [1.82, 2.24) is 9.78 Å². The maximum absolute atomic E-state index is 10.6. The van der Waals surface area contributed by atoms with Gasteiger partial charge >= 0.3 is 0 Å². The molecular formula is C14H19N3O. The highest BCUT2D eigenvalue weighted by Crippen LogP contribution is 2.33. The van der Waals surface area contributed by atoms with Gasteiger partial charge in [0.25, 0.3) is 0 Å². The predicted octanol–water partition coefficient (Wildman–Crippen LogP) is 1.36. The minimum absolute atomic E-state index is 0.130. The van der Waals surface area contributed by atoms with Gasteiger partial charge < -0.3 is 10.8 Å². The number of hydrogen-bond acceptors (Lipinski definition) is 3. The zero-order chi connectivity index (χ0) is 12.8. The summed E-state index contributed by atoms with van der Waals surface area (Å²) in [6.07, 6.45) is 2.96. The maximum atomic E-state index is 10.6. The molecule has 0 aliphatic heterocycles. The van der Waals surface area contributed by atoms with Crippen molar-refractivity contribution in [2.75, 3.05) is 0 Å². The summed E-state index contributed by atoms with van der Waals surface area (Å²) in [5.41, 5.74) is 7.31. The van der Waals surface area contributed by atoms with Gasteiger partial charge in [0.15, 0.2) is 0 Å². The van der Waals surface area contributed by atoms with E-state index in [9.17, 15) is 5.11 Å². The van der Waals surface area contributed by atoms with E-state index in [0.717, 1.165) is 29.4 Å². The predicted molar refractivity (Wildman–Crippen MR) is 71.2 cm³/mol. The molecule has 2 atom stereocenters. The molecule has 2 aromatic rings. The van der Waals surface area contributed by atoms with Crippen LogP contribution in [0.2, 0.25) is 0 Å². The van der Waals surface area contributed by atoms with Crippen LogP contribution in [-0.2, 0) is 13.5 Å². The highest BCUT2D eigenvalue weighted by molar-refractivity contribution is 5.81. The first-order chi connectivity index (χ1) is 8.57. The number of aryl methyl sites for hydroxylation is 1. The van der Waals surface area contributed by atoms with Crippen LogP contribution in [0.15, 0.2) is 24.3 Å². The third-order valence-electron chi connectivity index (χ3n) is 3.95. The molecule has 0 bridgehead atoms. The average molecular weight is 245 g/mol. The van der Waals surface area contributed by atoms with Crippen LogP contribution < -0.4 is 5.73 Å². The number of hydrogen-bond donors (Lipinski definition) is 2. The minimum Gasteiger partial charge on any atom is -0.389 e. The van der Waals surface area contributed by atoms with Gasteiger partial charge in [-0.3, -0.25) is 4.68 Å². The van der Waals surface area contributed by atoms with E-state index in [1.807, 2.05) is 23.9 Å². The monoisotopic (exact) mass is 245 g/mol. The van der Waals surface area contributed by atoms with Crippen LogP contribution in [0.1, 0.15) is 25.0 Å². The molecule has 1 saturated carbocycles. The summed E-state index contributed by atoms with van der Waals surface area (Å²) in [6, 6.07) is 8.27. The SMILES string of the molecule is Cn1nc(CC2(O)CCC(N)C2)c2ccccc21. The fourth-order valence-electron chi connectivity index (χ4n) is 3.04. The summed E-state index contributed by atoms with van der Waals surface area (Å²) in [6.45, 7) is 0. The van der Waals surface area contributed by atoms with Gasteiger partial charge in [0, 0.05) is 24.9 Å². The summed E-state index contributed by atoms with van der Waals surface area (Å²) in [5, 5.41) is 16.2. The van der Waals surface area contributed by atoms with Crippen molar-refractivity contribution in [2.45, 2.75) is 37.3 Å². The van der Waals surface area contributed by atoms with Crippen LogP contribution in [0.25, 0.3) is 10.9 Å². The van der Waals surface area contributed by atoms with Gasteiger partial charge in [-0.25, -0.2) is 0 Å². The molecule has 1 aromatic heterocycles. The number of para-hydroxylation sites is 1. The van der Waals surface area contributed by atoms with Crippen LogP contribution in [0.4, 0.5) is 0 Å². The third kappa shape index (κ3) is 1.91. The first-order valence-electron chi connectivity index (χ1n) is 6.46. The van der Waals surface area contributed by atoms with Gasteiger partial charge in [0.1, 0.15) is 0 Å². The number of benzene rings is 1. The van der Waals surface area contributed by atoms with E-state index in [2.05, 4.69) is 17.2 Å². The Morgan fingerprint density at radius 2 is 2.28 bits per heavy atom. The molecule has 4 heteroatoms.